The topological polar surface area (TPSA) is 49.4 Å². The highest BCUT2D eigenvalue weighted by Crippen LogP contribution is 2.33. The fraction of sp³-hybridized carbons (Fsp3) is 0.263. The van der Waals surface area contributed by atoms with Crippen LogP contribution in [0, 0.1) is 0 Å². The highest BCUT2D eigenvalue weighted by molar-refractivity contribution is 6.36. The summed E-state index contributed by atoms with van der Waals surface area (Å²) in [4.78, 5) is 26.3. The summed E-state index contributed by atoms with van der Waals surface area (Å²) in [5.74, 6) is -0.228. The minimum Gasteiger partial charge on any atom is -0.335 e. The monoisotopic (exact) mass is 376 g/mol. The van der Waals surface area contributed by atoms with E-state index in [1.165, 1.54) is 12.5 Å². The Morgan fingerprint density at radius 2 is 1.96 bits per heavy atom. The van der Waals surface area contributed by atoms with E-state index in [2.05, 4.69) is 5.32 Å². The van der Waals surface area contributed by atoms with Crippen LogP contribution in [0.1, 0.15) is 30.5 Å². The van der Waals surface area contributed by atoms with Gasteiger partial charge in [-0.15, -0.1) is 0 Å². The first-order valence-electron chi connectivity index (χ1n) is 8.05. The summed E-state index contributed by atoms with van der Waals surface area (Å²) in [7, 11) is 0. The van der Waals surface area contributed by atoms with Gasteiger partial charge in [0.15, 0.2) is 0 Å². The summed E-state index contributed by atoms with van der Waals surface area (Å²) in [5, 5.41) is 3.70. The molecular weight excluding hydrogens is 359 g/mol. The molecule has 1 aliphatic heterocycles. The van der Waals surface area contributed by atoms with Crippen LogP contribution in [0.25, 0.3) is 0 Å². The van der Waals surface area contributed by atoms with Gasteiger partial charge in [0.25, 0.3) is 0 Å². The number of rotatable bonds is 3. The van der Waals surface area contributed by atoms with Gasteiger partial charge in [0, 0.05) is 18.5 Å². The lowest BCUT2D eigenvalue weighted by Crippen LogP contribution is -2.40. The van der Waals surface area contributed by atoms with Crippen LogP contribution in [0.15, 0.2) is 42.5 Å². The van der Waals surface area contributed by atoms with Gasteiger partial charge >= 0.3 is 0 Å². The zero-order valence-electron chi connectivity index (χ0n) is 13.8. The molecule has 1 heterocycles. The summed E-state index contributed by atoms with van der Waals surface area (Å²) >= 11 is 12.0. The van der Waals surface area contributed by atoms with E-state index < -0.39 is 0 Å². The van der Waals surface area contributed by atoms with Gasteiger partial charge < -0.3 is 10.2 Å². The number of nitrogens with one attached hydrogen (secondary N) is 1. The minimum absolute atomic E-state index is 0.0307. The van der Waals surface area contributed by atoms with E-state index in [1.54, 1.807) is 23.1 Å². The third-order valence-electron chi connectivity index (χ3n) is 4.40. The molecule has 1 atom stereocenters. The second-order valence-electron chi connectivity index (χ2n) is 6.05. The summed E-state index contributed by atoms with van der Waals surface area (Å²) < 4.78 is 0. The minimum atomic E-state index is -0.270. The number of fused-ring (bicyclic) bond motifs is 1. The van der Waals surface area contributed by atoms with Crippen molar-refractivity contribution >= 4 is 40.7 Å². The van der Waals surface area contributed by atoms with Crippen LogP contribution in [0.4, 0.5) is 5.69 Å². The van der Waals surface area contributed by atoms with Crippen molar-refractivity contribution < 1.29 is 9.59 Å². The molecule has 6 heteroatoms. The molecule has 4 nitrogen and oxygen atoms in total. The van der Waals surface area contributed by atoms with Crippen LogP contribution in [-0.2, 0) is 16.0 Å². The molecule has 0 aliphatic carbocycles. The first kappa shape index (κ1) is 17.8. The van der Waals surface area contributed by atoms with Crippen LogP contribution < -0.4 is 5.32 Å². The summed E-state index contributed by atoms with van der Waals surface area (Å²) in [6.45, 7) is 2.15. The number of carbonyl (C=O) groups excluding carboxylic acids is 2. The summed E-state index contributed by atoms with van der Waals surface area (Å²) in [6.07, 6.45) is 0.979. The van der Waals surface area contributed by atoms with Gasteiger partial charge in [-0.1, -0.05) is 47.5 Å². The van der Waals surface area contributed by atoms with Crippen molar-refractivity contribution in [2.45, 2.75) is 25.8 Å². The standard InChI is InChI=1S/C19H18Cl2N2O2/c1-12(24)23-9-8-13-4-2-3-5-15(13)18(23)11-19(25)22-17-7-6-14(20)10-16(17)21/h2-7,10,18H,8-9,11H2,1H3,(H,22,25). The molecule has 1 N–H and O–H groups in total. The maximum absolute atomic E-state index is 12.6. The van der Waals surface area contributed by atoms with Crippen LogP contribution >= 0.6 is 23.2 Å². The molecule has 0 bridgehead atoms. The van der Waals surface area contributed by atoms with E-state index in [0.717, 1.165) is 12.0 Å². The second kappa shape index (κ2) is 7.46. The number of hydrogen-bond acceptors (Lipinski definition) is 2. The first-order valence-corrected chi connectivity index (χ1v) is 8.81. The number of anilines is 1. The molecule has 1 unspecified atom stereocenters. The average molecular weight is 377 g/mol. The van der Waals surface area contributed by atoms with Crippen molar-refractivity contribution in [3.63, 3.8) is 0 Å². The Morgan fingerprint density at radius 3 is 2.68 bits per heavy atom. The fourth-order valence-corrected chi connectivity index (χ4v) is 3.67. The molecule has 2 aromatic rings. The van der Waals surface area contributed by atoms with Gasteiger partial charge in [-0.2, -0.15) is 0 Å². The van der Waals surface area contributed by atoms with E-state index in [-0.39, 0.29) is 24.3 Å². The molecule has 130 valence electrons. The zero-order valence-corrected chi connectivity index (χ0v) is 15.3. The fourth-order valence-electron chi connectivity index (χ4n) is 3.22. The first-order chi connectivity index (χ1) is 12.0. The molecule has 2 amide bonds. The molecule has 3 rings (SSSR count). The summed E-state index contributed by atoms with van der Waals surface area (Å²) in [6, 6.07) is 12.6. The largest absolute Gasteiger partial charge is 0.335 e. The third kappa shape index (κ3) is 3.97. The smallest absolute Gasteiger partial charge is 0.226 e. The van der Waals surface area contributed by atoms with E-state index in [0.29, 0.717) is 22.3 Å². The predicted molar refractivity (Wildman–Crippen MR) is 100.0 cm³/mol. The highest BCUT2D eigenvalue weighted by Gasteiger charge is 2.30. The van der Waals surface area contributed by atoms with Crippen LogP contribution in [-0.4, -0.2) is 23.3 Å². The zero-order chi connectivity index (χ0) is 18.0. The van der Waals surface area contributed by atoms with E-state index in [1.807, 2.05) is 24.3 Å². The number of nitrogens with zero attached hydrogens (tertiary/aromatic N) is 1. The van der Waals surface area contributed by atoms with Crippen LogP contribution in [0.5, 0.6) is 0 Å². The van der Waals surface area contributed by atoms with Crippen molar-refractivity contribution in [3.05, 3.63) is 63.6 Å². The van der Waals surface area contributed by atoms with Gasteiger partial charge in [-0.25, -0.2) is 0 Å². The lowest BCUT2D eigenvalue weighted by Gasteiger charge is -2.36. The number of amides is 2. The van der Waals surface area contributed by atoms with Crippen molar-refractivity contribution in [2.24, 2.45) is 0 Å². The molecule has 0 saturated carbocycles. The second-order valence-corrected chi connectivity index (χ2v) is 6.90. The Balaban J connectivity index is 1.81. The molecule has 1 aliphatic rings. The van der Waals surface area contributed by atoms with Gasteiger partial charge in [0.1, 0.15) is 0 Å². The molecule has 0 spiro atoms. The third-order valence-corrected chi connectivity index (χ3v) is 4.95. The maximum atomic E-state index is 12.6. The number of benzene rings is 2. The van der Waals surface area contributed by atoms with Crippen molar-refractivity contribution in [1.29, 1.82) is 0 Å². The Hall–Kier alpha value is -2.04. The van der Waals surface area contributed by atoms with Crippen molar-refractivity contribution in [1.82, 2.24) is 4.90 Å². The van der Waals surface area contributed by atoms with Crippen LogP contribution in [0.2, 0.25) is 10.0 Å². The highest BCUT2D eigenvalue weighted by atomic mass is 35.5. The van der Waals surface area contributed by atoms with Gasteiger partial charge in [0.05, 0.1) is 23.2 Å². The Morgan fingerprint density at radius 1 is 1.20 bits per heavy atom. The van der Waals surface area contributed by atoms with Crippen molar-refractivity contribution in [2.75, 3.05) is 11.9 Å². The predicted octanol–water partition coefficient (Wildman–Crippen LogP) is 4.47. The summed E-state index contributed by atoms with van der Waals surface area (Å²) in [5.41, 5.74) is 2.72. The molecular formula is C19H18Cl2N2O2. The van der Waals surface area contributed by atoms with Gasteiger partial charge in [-0.05, 0) is 35.7 Å². The van der Waals surface area contributed by atoms with Crippen LogP contribution in [0.3, 0.4) is 0 Å². The number of carbonyl (C=O) groups is 2. The SMILES string of the molecule is CC(=O)N1CCc2ccccc2C1CC(=O)Nc1ccc(Cl)cc1Cl. The molecule has 0 aromatic heterocycles. The number of hydrogen-bond donors (Lipinski definition) is 1. The molecule has 2 aromatic carbocycles. The molecule has 0 fully saturated rings. The molecule has 0 saturated heterocycles. The van der Waals surface area contributed by atoms with Gasteiger partial charge in [0.2, 0.25) is 11.8 Å². The molecule has 25 heavy (non-hydrogen) atoms. The van der Waals surface area contributed by atoms with E-state index >= 15 is 0 Å². The van der Waals surface area contributed by atoms with E-state index in [4.69, 9.17) is 23.2 Å². The van der Waals surface area contributed by atoms with E-state index in [9.17, 15) is 9.59 Å². The normalized spacial score (nSPS) is 16.3. The lowest BCUT2D eigenvalue weighted by molar-refractivity contribution is -0.132. The van der Waals surface area contributed by atoms with Gasteiger partial charge in [-0.3, -0.25) is 9.59 Å². The quantitative estimate of drug-likeness (QED) is 0.858. The maximum Gasteiger partial charge on any atom is 0.226 e. The lowest BCUT2D eigenvalue weighted by atomic mass is 9.90. The van der Waals surface area contributed by atoms with Crippen molar-refractivity contribution in [3.8, 4) is 0 Å². The Bertz CT molecular complexity index is 823. The average Bonchev–Trinajstić information content (AvgIpc) is 2.57. The Kier molecular flexibility index (Phi) is 5.30. The Labute approximate surface area is 156 Å². The molecule has 0 radical (unpaired) electrons. The number of halogens is 2.